The summed E-state index contributed by atoms with van der Waals surface area (Å²) in [6.45, 7) is 0.629. The summed E-state index contributed by atoms with van der Waals surface area (Å²) in [5.74, 6) is 0.496. The number of ether oxygens (including phenoxy) is 4. The minimum atomic E-state index is -0.490. The van der Waals surface area contributed by atoms with Crippen LogP contribution in [0.1, 0.15) is 44.0 Å². The molecule has 0 amide bonds. The van der Waals surface area contributed by atoms with E-state index in [-0.39, 0.29) is 26.2 Å². The quantitative estimate of drug-likeness (QED) is 0.252. The molecule has 2 aromatic heterocycles. The molecule has 0 radical (unpaired) electrons. The molecular weight excluding hydrogens is 551 g/mol. The highest BCUT2D eigenvalue weighted by Crippen LogP contribution is 2.32. The average molecular weight is 579 g/mol. The van der Waals surface area contributed by atoms with E-state index in [1.807, 2.05) is 17.7 Å². The van der Waals surface area contributed by atoms with Crippen molar-refractivity contribution < 1.29 is 28.1 Å². The van der Waals surface area contributed by atoms with Gasteiger partial charge in [-0.25, -0.2) is 19.2 Å². The largest absolute Gasteiger partial charge is 0.494 e. The Balaban J connectivity index is 1.43. The molecule has 10 heteroatoms. The molecular formula is C33H27FN4O5. The van der Waals surface area contributed by atoms with Crippen molar-refractivity contribution in [2.45, 2.75) is 26.2 Å². The third-order valence-corrected chi connectivity index (χ3v) is 7.55. The monoisotopic (exact) mass is 578 g/mol. The highest BCUT2D eigenvalue weighted by molar-refractivity contribution is 5.96. The van der Waals surface area contributed by atoms with Crippen LogP contribution in [0.5, 0.6) is 11.6 Å². The summed E-state index contributed by atoms with van der Waals surface area (Å²) in [4.78, 5) is 21.6. The maximum absolute atomic E-state index is 15.7. The molecule has 0 aliphatic carbocycles. The van der Waals surface area contributed by atoms with Crippen LogP contribution in [-0.2, 0) is 42.8 Å². The predicted octanol–water partition coefficient (Wildman–Crippen LogP) is 5.64. The molecule has 0 atom stereocenters. The molecule has 43 heavy (non-hydrogen) atoms. The molecule has 0 saturated carbocycles. The van der Waals surface area contributed by atoms with Gasteiger partial charge in [-0.15, -0.1) is 0 Å². The van der Waals surface area contributed by atoms with E-state index in [4.69, 9.17) is 23.9 Å². The fourth-order valence-electron chi connectivity index (χ4n) is 5.22. The summed E-state index contributed by atoms with van der Waals surface area (Å²) < 4.78 is 40.1. The van der Waals surface area contributed by atoms with Gasteiger partial charge in [0.15, 0.2) is 0 Å². The van der Waals surface area contributed by atoms with Crippen molar-refractivity contribution in [3.63, 3.8) is 0 Å². The van der Waals surface area contributed by atoms with E-state index in [0.29, 0.717) is 56.4 Å². The van der Waals surface area contributed by atoms with Gasteiger partial charge in [0.1, 0.15) is 29.5 Å². The summed E-state index contributed by atoms with van der Waals surface area (Å²) in [5.41, 5.74) is 5.99. The van der Waals surface area contributed by atoms with E-state index in [2.05, 4.69) is 11.1 Å². The van der Waals surface area contributed by atoms with E-state index in [0.717, 1.165) is 16.7 Å². The zero-order chi connectivity index (χ0) is 30.1. The highest BCUT2D eigenvalue weighted by atomic mass is 19.1. The van der Waals surface area contributed by atoms with Crippen LogP contribution < -0.4 is 9.47 Å². The molecule has 3 heterocycles. The summed E-state index contributed by atoms with van der Waals surface area (Å²) in [7, 11) is 4.66. The van der Waals surface area contributed by atoms with E-state index >= 15 is 4.39 Å². The van der Waals surface area contributed by atoms with Crippen molar-refractivity contribution in [3.05, 3.63) is 106 Å². The molecule has 0 spiro atoms. The Bertz CT molecular complexity index is 1930. The number of carbonyl (C=O) groups is 1. The first-order valence-electron chi connectivity index (χ1n) is 13.5. The molecule has 1 aliphatic heterocycles. The summed E-state index contributed by atoms with van der Waals surface area (Å²) in [5, 5.41) is 9.43. The molecule has 9 nitrogen and oxygen atoms in total. The number of rotatable bonds is 4. The zero-order valence-corrected chi connectivity index (χ0v) is 23.8. The van der Waals surface area contributed by atoms with Gasteiger partial charge in [0, 0.05) is 25.1 Å². The molecule has 0 fully saturated rings. The smallest absolute Gasteiger partial charge is 0.338 e. The minimum Gasteiger partial charge on any atom is -0.494 e. The van der Waals surface area contributed by atoms with Gasteiger partial charge in [-0.1, -0.05) is 12.1 Å². The number of esters is 1. The van der Waals surface area contributed by atoms with Gasteiger partial charge < -0.3 is 23.5 Å². The van der Waals surface area contributed by atoms with Gasteiger partial charge >= 0.3 is 5.97 Å². The molecule has 6 rings (SSSR count). The number of hydrogen-bond donors (Lipinski definition) is 0. The van der Waals surface area contributed by atoms with Crippen molar-refractivity contribution in [1.82, 2.24) is 14.5 Å². The number of imidazole rings is 1. The number of fused-ring (bicyclic) bond motifs is 7. The number of halogens is 1. The molecule has 5 aromatic rings. The van der Waals surface area contributed by atoms with Crippen LogP contribution in [0.2, 0.25) is 0 Å². The average Bonchev–Trinajstić information content (AvgIpc) is 3.34. The second-order valence-electron chi connectivity index (χ2n) is 10.1. The number of nitriles is 1. The first-order valence-corrected chi connectivity index (χ1v) is 13.5. The normalized spacial score (nSPS) is 12.6. The standard InChI is InChI=1S/C33H27FN4O5/c1-38-28-12-22(33(39)41-3)13-29(40-2)32(28)37-30(38)14-21-11-26(34)25-10-24(21)17-42-16-23-9-19(15-35)7-8-20(23)18-43-31-6-4-5-27(25)36-31/h4-13H,14,16-18H2,1-3H3. The Morgan fingerprint density at radius 2 is 1.86 bits per heavy atom. The fourth-order valence-corrected chi connectivity index (χ4v) is 5.22. The molecule has 216 valence electrons. The van der Waals surface area contributed by atoms with Gasteiger partial charge in [-0.2, -0.15) is 5.26 Å². The van der Waals surface area contributed by atoms with Crippen molar-refractivity contribution in [2.75, 3.05) is 14.2 Å². The van der Waals surface area contributed by atoms with Crippen LogP contribution in [0, 0.1) is 17.1 Å². The predicted molar refractivity (Wildman–Crippen MR) is 155 cm³/mol. The van der Waals surface area contributed by atoms with Gasteiger partial charge in [0.2, 0.25) is 5.88 Å². The third-order valence-electron chi connectivity index (χ3n) is 7.55. The van der Waals surface area contributed by atoms with Crippen LogP contribution >= 0.6 is 0 Å². The Morgan fingerprint density at radius 1 is 1.02 bits per heavy atom. The summed E-state index contributed by atoms with van der Waals surface area (Å²) >= 11 is 0. The van der Waals surface area contributed by atoms with Crippen LogP contribution in [0.15, 0.2) is 60.7 Å². The number of carbonyl (C=O) groups excluding carboxylic acids is 1. The van der Waals surface area contributed by atoms with E-state index in [1.54, 1.807) is 48.5 Å². The number of aromatic nitrogens is 3. The third kappa shape index (κ3) is 5.38. The van der Waals surface area contributed by atoms with Crippen LogP contribution in [0.3, 0.4) is 0 Å². The lowest BCUT2D eigenvalue weighted by atomic mass is 9.99. The molecule has 4 bridgehead atoms. The molecule has 3 aromatic carbocycles. The fraction of sp³-hybridized carbons (Fsp3) is 0.212. The number of benzene rings is 3. The topological polar surface area (TPSA) is 108 Å². The number of nitrogens with zero attached hydrogens (tertiary/aromatic N) is 4. The molecule has 0 N–H and O–H groups in total. The number of methoxy groups -OCH3 is 2. The van der Waals surface area contributed by atoms with Crippen molar-refractivity contribution in [2.24, 2.45) is 7.05 Å². The maximum atomic E-state index is 15.7. The molecule has 0 saturated heterocycles. The lowest BCUT2D eigenvalue weighted by Crippen LogP contribution is -2.06. The van der Waals surface area contributed by atoms with E-state index in [1.165, 1.54) is 20.3 Å². The van der Waals surface area contributed by atoms with Gasteiger partial charge in [0.25, 0.3) is 0 Å². The Hall–Kier alpha value is -5.27. The van der Waals surface area contributed by atoms with Crippen molar-refractivity contribution >= 4 is 17.0 Å². The zero-order valence-electron chi connectivity index (χ0n) is 23.8. The van der Waals surface area contributed by atoms with E-state index < -0.39 is 11.8 Å². The van der Waals surface area contributed by atoms with Crippen LogP contribution in [-0.4, -0.2) is 34.7 Å². The van der Waals surface area contributed by atoms with Gasteiger partial charge in [-0.3, -0.25) is 0 Å². The lowest BCUT2D eigenvalue weighted by Gasteiger charge is -2.14. The number of aryl methyl sites for hydroxylation is 1. The minimum absolute atomic E-state index is 0.180. The van der Waals surface area contributed by atoms with Crippen LogP contribution in [0.4, 0.5) is 4.39 Å². The second kappa shape index (κ2) is 11.5. The number of pyridine rings is 1. The first-order chi connectivity index (χ1) is 20.9. The second-order valence-corrected chi connectivity index (χ2v) is 10.1. The molecule has 0 unspecified atom stereocenters. The summed E-state index contributed by atoms with van der Waals surface area (Å²) in [6, 6.07) is 19.3. The van der Waals surface area contributed by atoms with E-state index in [9.17, 15) is 10.1 Å². The van der Waals surface area contributed by atoms with Crippen molar-refractivity contribution in [3.8, 4) is 29.0 Å². The Labute approximate surface area is 247 Å². The highest BCUT2D eigenvalue weighted by Gasteiger charge is 2.20. The van der Waals surface area contributed by atoms with Crippen molar-refractivity contribution in [1.29, 1.82) is 5.26 Å². The number of hydrogen-bond acceptors (Lipinski definition) is 8. The lowest BCUT2D eigenvalue weighted by molar-refractivity contribution is 0.0600. The summed E-state index contributed by atoms with van der Waals surface area (Å²) in [6.07, 6.45) is 0.281. The molecule has 1 aliphatic rings. The Morgan fingerprint density at radius 3 is 2.65 bits per heavy atom. The SMILES string of the molecule is COC(=O)c1cc(OC)c2nc(Cc3cc(F)c4cc3COCc3cc(C#N)ccc3COc3cccc-4n3)n(C)c2c1. The first kappa shape index (κ1) is 27.9. The maximum Gasteiger partial charge on any atom is 0.338 e. The Kier molecular flexibility index (Phi) is 7.49. The van der Waals surface area contributed by atoms with Gasteiger partial charge in [0.05, 0.1) is 55.8 Å². The van der Waals surface area contributed by atoms with Gasteiger partial charge in [-0.05, 0) is 64.7 Å². The van der Waals surface area contributed by atoms with Crippen LogP contribution in [0.25, 0.3) is 22.3 Å².